The fourth-order valence-corrected chi connectivity index (χ4v) is 7.66. The highest BCUT2D eigenvalue weighted by molar-refractivity contribution is 5.70. The molecule has 4 unspecified atom stereocenters. The normalized spacial score (nSPS) is 22.1. The Hall–Kier alpha value is -5.05. The maximum absolute atomic E-state index is 11.8. The van der Waals surface area contributed by atoms with Crippen LogP contribution >= 0.6 is 0 Å². The highest BCUT2D eigenvalue weighted by Gasteiger charge is 2.59. The van der Waals surface area contributed by atoms with Crippen LogP contribution in [-0.2, 0) is 10.2 Å². The summed E-state index contributed by atoms with van der Waals surface area (Å²) in [6.07, 6.45) is 0. The van der Waals surface area contributed by atoms with E-state index in [2.05, 4.69) is 18.2 Å². The van der Waals surface area contributed by atoms with Crippen molar-refractivity contribution >= 4 is 5.97 Å². The molecule has 0 aromatic heterocycles. The Morgan fingerprint density at radius 2 is 1.44 bits per heavy atom. The van der Waals surface area contributed by atoms with Gasteiger partial charge in [0, 0.05) is 36.8 Å². The van der Waals surface area contributed by atoms with Crippen molar-refractivity contribution in [2.45, 2.75) is 30.1 Å². The Morgan fingerprint density at radius 3 is 2.18 bits per heavy atom. The molecule has 1 N–H and O–H groups in total. The molecule has 2 heterocycles. The van der Waals surface area contributed by atoms with Crippen molar-refractivity contribution in [3.8, 4) is 46.0 Å². The fourth-order valence-electron chi connectivity index (χ4n) is 7.66. The predicted molar refractivity (Wildman–Crippen MR) is 165 cm³/mol. The van der Waals surface area contributed by atoms with Crippen molar-refractivity contribution in [3.05, 3.63) is 94.5 Å². The van der Waals surface area contributed by atoms with E-state index in [9.17, 15) is 9.90 Å². The first-order valence-corrected chi connectivity index (χ1v) is 14.7. The number of esters is 1. The van der Waals surface area contributed by atoms with Crippen LogP contribution in [0.25, 0.3) is 0 Å². The molecule has 0 spiro atoms. The number of aromatic hydroxyl groups is 1. The van der Waals surface area contributed by atoms with Crippen LogP contribution < -0.4 is 33.2 Å². The van der Waals surface area contributed by atoms with Crippen LogP contribution in [0.4, 0.5) is 0 Å². The van der Waals surface area contributed by atoms with E-state index in [0.717, 1.165) is 27.8 Å². The third-order valence-electron chi connectivity index (χ3n) is 9.47. The molecule has 1 aliphatic carbocycles. The molecule has 4 aromatic carbocycles. The third-order valence-corrected chi connectivity index (χ3v) is 9.47. The van der Waals surface area contributed by atoms with Gasteiger partial charge in [0.2, 0.25) is 0 Å². The summed E-state index contributed by atoms with van der Waals surface area (Å²) in [5, 5.41) is 10.5. The highest BCUT2D eigenvalue weighted by atomic mass is 16.5. The van der Waals surface area contributed by atoms with Gasteiger partial charge in [0.1, 0.15) is 29.6 Å². The van der Waals surface area contributed by atoms with E-state index in [4.69, 9.17) is 33.2 Å². The zero-order valence-corrected chi connectivity index (χ0v) is 25.7. The monoisotopic (exact) mass is 610 g/mol. The van der Waals surface area contributed by atoms with Gasteiger partial charge in [-0.25, -0.2) is 0 Å². The molecule has 0 radical (unpaired) electrons. The van der Waals surface area contributed by atoms with Gasteiger partial charge < -0.3 is 38.3 Å². The van der Waals surface area contributed by atoms with Crippen molar-refractivity contribution in [1.29, 1.82) is 0 Å². The molecular formula is C36H34O9. The molecule has 0 saturated heterocycles. The van der Waals surface area contributed by atoms with E-state index in [0.29, 0.717) is 46.9 Å². The molecule has 0 bridgehead atoms. The molecule has 9 nitrogen and oxygen atoms in total. The Balaban J connectivity index is 1.57. The Bertz CT molecular complexity index is 1810. The van der Waals surface area contributed by atoms with E-state index in [1.54, 1.807) is 46.6 Å². The number of hydrogen-bond donors (Lipinski definition) is 1. The van der Waals surface area contributed by atoms with Crippen LogP contribution in [0.3, 0.4) is 0 Å². The first-order valence-electron chi connectivity index (χ1n) is 14.7. The second-order valence-electron chi connectivity index (χ2n) is 11.6. The Morgan fingerprint density at radius 1 is 0.756 bits per heavy atom. The highest BCUT2D eigenvalue weighted by Crippen LogP contribution is 2.67. The summed E-state index contributed by atoms with van der Waals surface area (Å²) in [5.41, 5.74) is 4.26. The summed E-state index contributed by atoms with van der Waals surface area (Å²) < 4.78 is 41.5. The van der Waals surface area contributed by atoms with Gasteiger partial charge in [-0.2, -0.15) is 0 Å². The molecule has 232 valence electrons. The van der Waals surface area contributed by atoms with Gasteiger partial charge in [-0.15, -0.1) is 0 Å². The Kier molecular flexibility index (Phi) is 6.91. The molecule has 0 saturated carbocycles. The molecule has 9 heteroatoms. The quantitative estimate of drug-likeness (QED) is 0.205. The number of hydrogen-bond acceptors (Lipinski definition) is 9. The fraction of sp³-hybridized carbons (Fsp3) is 0.306. The summed E-state index contributed by atoms with van der Waals surface area (Å²) >= 11 is 0. The number of rotatable bonds is 6. The van der Waals surface area contributed by atoms with E-state index in [-0.39, 0.29) is 30.1 Å². The maximum atomic E-state index is 11.8. The summed E-state index contributed by atoms with van der Waals surface area (Å²) in [7, 11) is 6.51. The van der Waals surface area contributed by atoms with Crippen molar-refractivity contribution in [2.24, 2.45) is 0 Å². The number of carbonyl (C=O) groups excluding carboxylic acids is 1. The lowest BCUT2D eigenvalue weighted by Gasteiger charge is -2.56. The number of carbonyl (C=O) groups is 1. The van der Waals surface area contributed by atoms with Crippen LogP contribution in [0.1, 0.15) is 52.5 Å². The smallest absolute Gasteiger partial charge is 0.308 e. The molecule has 3 aliphatic rings. The van der Waals surface area contributed by atoms with Crippen molar-refractivity contribution in [3.63, 3.8) is 0 Å². The van der Waals surface area contributed by atoms with Crippen LogP contribution in [0.5, 0.6) is 46.0 Å². The van der Waals surface area contributed by atoms with Gasteiger partial charge >= 0.3 is 5.97 Å². The average molecular weight is 611 g/mol. The zero-order chi connectivity index (χ0) is 31.5. The largest absolute Gasteiger partial charge is 0.508 e. The lowest BCUT2D eigenvalue weighted by Crippen LogP contribution is -2.52. The third kappa shape index (κ3) is 4.32. The van der Waals surface area contributed by atoms with Crippen molar-refractivity contribution in [1.82, 2.24) is 0 Å². The molecule has 2 aliphatic heterocycles. The maximum Gasteiger partial charge on any atom is 0.308 e. The molecule has 0 fully saturated rings. The number of benzene rings is 4. The number of phenols is 1. The molecule has 45 heavy (non-hydrogen) atoms. The van der Waals surface area contributed by atoms with Crippen LogP contribution in [0, 0.1) is 0 Å². The lowest BCUT2D eigenvalue weighted by molar-refractivity contribution is -0.131. The van der Waals surface area contributed by atoms with E-state index in [1.165, 1.54) is 6.92 Å². The number of fused-ring (bicyclic) bond motifs is 10. The summed E-state index contributed by atoms with van der Waals surface area (Å²) in [5.74, 6) is 3.51. The summed E-state index contributed by atoms with van der Waals surface area (Å²) in [6, 6.07) is 21.0. The second kappa shape index (κ2) is 10.8. The molecule has 7 rings (SSSR count). The summed E-state index contributed by atoms with van der Waals surface area (Å²) in [6.45, 7) is 2.04. The van der Waals surface area contributed by atoms with Crippen LogP contribution in [0.15, 0.2) is 66.7 Å². The van der Waals surface area contributed by atoms with Gasteiger partial charge in [-0.1, -0.05) is 18.2 Å². The van der Waals surface area contributed by atoms with Gasteiger partial charge in [-0.3, -0.25) is 4.79 Å². The standard InChI is InChI=1S/C36H34O9/c1-19(37)45-22-8-10-23-30(14-22)43-17-26-25-15-32(41-4)33(42-5)16-27(25)36(20-6-11-28(39-2)31(12-20)40-3)18-44-29-13-21(38)7-9-24(29)35(36)34(23)26/h6-16,26,34-35,38H,17-18H2,1-5H3. The van der Waals surface area contributed by atoms with Gasteiger partial charge in [0.05, 0.1) is 40.5 Å². The predicted octanol–water partition coefficient (Wildman–Crippen LogP) is 6.09. The van der Waals surface area contributed by atoms with Gasteiger partial charge in [0.25, 0.3) is 0 Å². The minimum Gasteiger partial charge on any atom is -0.508 e. The molecule has 4 aromatic rings. The zero-order valence-electron chi connectivity index (χ0n) is 25.7. The molecular weight excluding hydrogens is 576 g/mol. The molecule has 0 amide bonds. The van der Waals surface area contributed by atoms with Crippen molar-refractivity contribution < 1.29 is 43.1 Å². The van der Waals surface area contributed by atoms with E-state index >= 15 is 0 Å². The number of ether oxygens (including phenoxy) is 7. The van der Waals surface area contributed by atoms with E-state index in [1.807, 2.05) is 30.3 Å². The minimum atomic E-state index is -0.747. The second-order valence-corrected chi connectivity index (χ2v) is 11.6. The van der Waals surface area contributed by atoms with Crippen molar-refractivity contribution in [2.75, 3.05) is 41.7 Å². The topological polar surface area (TPSA) is 102 Å². The SMILES string of the molecule is COc1ccc(C23COc4cc(O)ccc4C2C2c4ccc(OC(C)=O)cc4OCC2c2cc(OC)c(OC)cc23)cc1OC. The number of phenolic OH excluding ortho intramolecular Hbond substituents is 1. The van der Waals surface area contributed by atoms with Gasteiger partial charge in [-0.05, 0) is 64.2 Å². The van der Waals surface area contributed by atoms with E-state index < -0.39 is 11.4 Å². The average Bonchev–Trinajstić information content (AvgIpc) is 3.06. The Labute approximate surface area is 261 Å². The lowest BCUT2D eigenvalue weighted by atomic mass is 9.50. The van der Waals surface area contributed by atoms with Gasteiger partial charge in [0.15, 0.2) is 23.0 Å². The first-order chi connectivity index (χ1) is 21.8. The minimum absolute atomic E-state index is 0.0788. The summed E-state index contributed by atoms with van der Waals surface area (Å²) in [4.78, 5) is 11.8. The molecule has 4 atom stereocenters. The van der Waals surface area contributed by atoms with Crippen LogP contribution in [-0.4, -0.2) is 52.7 Å². The first kappa shape index (κ1) is 28.7. The number of methoxy groups -OCH3 is 4. The van der Waals surface area contributed by atoms with Crippen LogP contribution in [0.2, 0.25) is 0 Å².